The van der Waals surface area contributed by atoms with Crippen LogP contribution >= 0.6 is 0 Å². The summed E-state index contributed by atoms with van der Waals surface area (Å²) in [5.41, 5.74) is 3.85. The average molecular weight is 433 g/mol. The van der Waals surface area contributed by atoms with Gasteiger partial charge in [-0.3, -0.25) is 14.5 Å². The minimum atomic E-state index is -0.269. The van der Waals surface area contributed by atoms with Crippen LogP contribution in [0.1, 0.15) is 37.0 Å². The maximum absolute atomic E-state index is 13.4. The van der Waals surface area contributed by atoms with Gasteiger partial charge in [-0.25, -0.2) is 0 Å². The molecule has 1 heterocycles. The highest BCUT2D eigenvalue weighted by Gasteiger charge is 2.41. The Labute approximate surface area is 185 Å². The van der Waals surface area contributed by atoms with Crippen molar-refractivity contribution in [3.05, 3.63) is 40.6 Å². The smallest absolute Gasteiger partial charge is 0.277 e. The van der Waals surface area contributed by atoms with E-state index in [0.29, 0.717) is 57.1 Å². The third-order valence-corrected chi connectivity index (χ3v) is 5.36. The molecule has 0 unspecified atom stereocenters. The third kappa shape index (κ3) is 6.38. The van der Waals surface area contributed by atoms with Crippen molar-refractivity contribution in [2.75, 3.05) is 53.7 Å². The largest absolute Gasteiger partial charge is 0.383 e. The first-order valence-corrected chi connectivity index (χ1v) is 10.8. The van der Waals surface area contributed by atoms with Gasteiger partial charge in [0.15, 0.2) is 0 Å². The van der Waals surface area contributed by atoms with E-state index >= 15 is 0 Å². The number of carbonyl (C=O) groups excluding carboxylic acids is 2. The van der Waals surface area contributed by atoms with E-state index in [4.69, 9.17) is 14.2 Å². The molecule has 7 nitrogen and oxygen atoms in total. The number of amides is 2. The molecule has 1 aliphatic heterocycles. The highest BCUT2D eigenvalue weighted by molar-refractivity contribution is 6.35. The fraction of sp³-hybridized carbons (Fsp3) is 0.583. The molecule has 0 spiro atoms. The number of benzene rings is 1. The van der Waals surface area contributed by atoms with E-state index in [2.05, 4.69) is 0 Å². The van der Waals surface area contributed by atoms with Crippen molar-refractivity contribution in [2.45, 2.75) is 40.2 Å². The molecule has 0 saturated carbocycles. The summed E-state index contributed by atoms with van der Waals surface area (Å²) in [6.45, 7) is 10.7. The molecule has 0 fully saturated rings. The number of nitrogens with zero attached hydrogens (tertiary/aromatic N) is 2. The first-order valence-electron chi connectivity index (χ1n) is 10.8. The Morgan fingerprint density at radius 1 is 0.935 bits per heavy atom. The van der Waals surface area contributed by atoms with Crippen LogP contribution in [0.2, 0.25) is 0 Å². The van der Waals surface area contributed by atoms with Gasteiger partial charge >= 0.3 is 0 Å². The van der Waals surface area contributed by atoms with E-state index in [9.17, 15) is 9.59 Å². The minimum absolute atomic E-state index is 0.114. The van der Waals surface area contributed by atoms with Crippen LogP contribution in [0.4, 0.5) is 0 Å². The van der Waals surface area contributed by atoms with Crippen molar-refractivity contribution in [3.63, 3.8) is 0 Å². The Hall–Kier alpha value is -2.22. The molecular weight excluding hydrogens is 396 g/mol. The van der Waals surface area contributed by atoms with E-state index in [-0.39, 0.29) is 17.9 Å². The lowest BCUT2D eigenvalue weighted by molar-refractivity contribution is -0.137. The maximum atomic E-state index is 13.4. The summed E-state index contributed by atoms with van der Waals surface area (Å²) in [6.07, 6.45) is 0.711. The number of imide groups is 1. The number of methoxy groups -OCH3 is 2. The maximum Gasteiger partial charge on any atom is 0.277 e. The van der Waals surface area contributed by atoms with Crippen LogP contribution in [0.3, 0.4) is 0 Å². The van der Waals surface area contributed by atoms with Gasteiger partial charge in [-0.15, -0.1) is 0 Å². The second kappa shape index (κ2) is 12.0. The van der Waals surface area contributed by atoms with Crippen LogP contribution in [0.15, 0.2) is 23.9 Å². The molecule has 0 aromatic heterocycles. The molecule has 1 aromatic rings. The van der Waals surface area contributed by atoms with Crippen molar-refractivity contribution in [1.29, 1.82) is 0 Å². The van der Waals surface area contributed by atoms with Crippen molar-refractivity contribution < 1.29 is 23.8 Å². The average Bonchev–Trinajstić information content (AvgIpc) is 2.97. The van der Waals surface area contributed by atoms with E-state index in [1.165, 1.54) is 4.90 Å². The number of aryl methyl sites for hydroxylation is 2. The van der Waals surface area contributed by atoms with Gasteiger partial charge in [-0.2, -0.15) is 0 Å². The molecule has 0 aliphatic carbocycles. The van der Waals surface area contributed by atoms with Crippen LogP contribution in [0, 0.1) is 13.8 Å². The van der Waals surface area contributed by atoms with Gasteiger partial charge in [0.25, 0.3) is 11.8 Å². The zero-order valence-corrected chi connectivity index (χ0v) is 19.7. The first kappa shape index (κ1) is 25.0. The Balaban J connectivity index is 2.42. The van der Waals surface area contributed by atoms with E-state index < -0.39 is 0 Å². The standard InChI is InChI=1S/C24H36N2O5/c1-17(2)31-13-7-10-26-23(27)21(20-9-8-18(3)19(4)16-20)22(24(26)28)25(11-14-29-5)12-15-30-6/h8-9,16-17H,7,10-15H2,1-6H3. The molecule has 31 heavy (non-hydrogen) atoms. The number of hydrogen-bond donors (Lipinski definition) is 0. The minimum Gasteiger partial charge on any atom is -0.383 e. The Morgan fingerprint density at radius 2 is 1.58 bits per heavy atom. The first-order chi connectivity index (χ1) is 14.8. The summed E-state index contributed by atoms with van der Waals surface area (Å²) in [5, 5.41) is 0. The zero-order valence-electron chi connectivity index (χ0n) is 19.7. The number of hydrogen-bond acceptors (Lipinski definition) is 6. The van der Waals surface area contributed by atoms with Gasteiger partial charge in [-0.1, -0.05) is 18.2 Å². The Kier molecular flexibility index (Phi) is 9.68. The van der Waals surface area contributed by atoms with Crippen molar-refractivity contribution >= 4 is 17.4 Å². The number of rotatable bonds is 13. The van der Waals surface area contributed by atoms with Gasteiger partial charge in [0, 0.05) is 40.5 Å². The van der Waals surface area contributed by atoms with Crippen LogP contribution in [0.25, 0.3) is 5.57 Å². The predicted octanol–water partition coefficient (Wildman–Crippen LogP) is 2.79. The fourth-order valence-corrected chi connectivity index (χ4v) is 3.50. The van der Waals surface area contributed by atoms with E-state index in [1.807, 2.05) is 50.8 Å². The van der Waals surface area contributed by atoms with Crippen molar-refractivity contribution in [2.24, 2.45) is 0 Å². The predicted molar refractivity (Wildman–Crippen MR) is 121 cm³/mol. The van der Waals surface area contributed by atoms with Crippen molar-refractivity contribution in [3.8, 4) is 0 Å². The lowest BCUT2D eigenvalue weighted by Gasteiger charge is -2.25. The normalized spacial score (nSPS) is 14.4. The molecule has 172 valence electrons. The van der Waals surface area contributed by atoms with Gasteiger partial charge in [0.2, 0.25) is 0 Å². The van der Waals surface area contributed by atoms with Crippen molar-refractivity contribution in [1.82, 2.24) is 9.80 Å². The summed E-state index contributed by atoms with van der Waals surface area (Å²) in [4.78, 5) is 30.1. The van der Waals surface area contributed by atoms with Crippen LogP contribution in [-0.2, 0) is 23.8 Å². The monoisotopic (exact) mass is 432 g/mol. The lowest BCUT2D eigenvalue weighted by atomic mass is 9.99. The summed E-state index contributed by atoms with van der Waals surface area (Å²) >= 11 is 0. The summed E-state index contributed by atoms with van der Waals surface area (Å²) in [6, 6.07) is 5.88. The van der Waals surface area contributed by atoms with E-state index in [1.54, 1.807) is 14.2 Å². The van der Waals surface area contributed by atoms with E-state index in [0.717, 1.165) is 16.7 Å². The molecule has 0 bridgehead atoms. The quantitative estimate of drug-likeness (QED) is 0.353. The number of ether oxygens (including phenoxy) is 3. The number of carbonyl (C=O) groups is 2. The Bertz CT molecular complexity index is 795. The molecule has 0 saturated heterocycles. The van der Waals surface area contributed by atoms with Crippen LogP contribution in [-0.4, -0.2) is 81.4 Å². The summed E-state index contributed by atoms with van der Waals surface area (Å²) < 4.78 is 16.1. The topological polar surface area (TPSA) is 68.3 Å². The van der Waals surface area contributed by atoms with Gasteiger partial charge in [0.1, 0.15) is 5.70 Å². The zero-order chi connectivity index (χ0) is 23.0. The molecule has 0 N–H and O–H groups in total. The van der Waals surface area contributed by atoms with Crippen LogP contribution in [0.5, 0.6) is 0 Å². The third-order valence-electron chi connectivity index (χ3n) is 5.36. The molecule has 1 aromatic carbocycles. The molecule has 2 rings (SSSR count). The lowest BCUT2D eigenvalue weighted by Crippen LogP contribution is -2.38. The SMILES string of the molecule is COCCN(CCOC)C1=C(c2ccc(C)c(C)c2)C(=O)N(CCCOC(C)C)C1=O. The second-order valence-corrected chi connectivity index (χ2v) is 8.03. The summed E-state index contributed by atoms with van der Waals surface area (Å²) in [7, 11) is 3.24. The molecular formula is C24H36N2O5. The van der Waals surface area contributed by atoms with Gasteiger partial charge < -0.3 is 19.1 Å². The summed E-state index contributed by atoms with van der Waals surface area (Å²) in [5.74, 6) is -0.525. The second-order valence-electron chi connectivity index (χ2n) is 8.03. The molecule has 0 atom stereocenters. The Morgan fingerprint density at radius 3 is 2.13 bits per heavy atom. The molecule has 0 radical (unpaired) electrons. The molecule has 7 heteroatoms. The van der Waals surface area contributed by atoms with Gasteiger partial charge in [-0.05, 0) is 50.8 Å². The van der Waals surface area contributed by atoms with Crippen LogP contribution < -0.4 is 0 Å². The highest BCUT2D eigenvalue weighted by atomic mass is 16.5. The molecule has 1 aliphatic rings. The highest BCUT2D eigenvalue weighted by Crippen LogP contribution is 2.32. The fourth-order valence-electron chi connectivity index (χ4n) is 3.50. The van der Waals surface area contributed by atoms with Gasteiger partial charge in [0.05, 0.1) is 24.9 Å². The molecule has 2 amide bonds.